The smallest absolute Gasteiger partial charge is 0.189 e. The number of halogens is 1. The molecule has 3 heteroatoms. The van der Waals surface area contributed by atoms with Crippen molar-refractivity contribution in [2.24, 2.45) is 0 Å². The number of ether oxygens (including phenoxy) is 2. The number of benzene rings is 1. The molecule has 0 bridgehead atoms. The van der Waals surface area contributed by atoms with E-state index < -0.39 is 0 Å². The second kappa shape index (κ2) is 4.72. The van der Waals surface area contributed by atoms with Gasteiger partial charge in [-0.2, -0.15) is 0 Å². The van der Waals surface area contributed by atoms with Crippen LogP contribution in [0.3, 0.4) is 0 Å². The summed E-state index contributed by atoms with van der Waals surface area (Å²) in [6, 6.07) is 5.96. The summed E-state index contributed by atoms with van der Waals surface area (Å²) >= 11 is 0. The molecule has 0 fully saturated rings. The summed E-state index contributed by atoms with van der Waals surface area (Å²) in [5.74, 6) is 0.187. The maximum absolute atomic E-state index is 12.6. The fourth-order valence-electron chi connectivity index (χ4n) is 0.750. The van der Waals surface area contributed by atoms with Gasteiger partial charge >= 0.3 is 0 Å². The van der Waals surface area contributed by atoms with Gasteiger partial charge in [0.15, 0.2) is 6.79 Å². The highest BCUT2D eigenvalue weighted by Gasteiger charge is 1.94. The first-order valence-corrected chi connectivity index (χ1v) is 3.79. The first-order valence-electron chi connectivity index (χ1n) is 3.79. The van der Waals surface area contributed by atoms with E-state index in [1.807, 2.05) is 6.92 Å². The fourth-order valence-corrected chi connectivity index (χ4v) is 0.750. The van der Waals surface area contributed by atoms with Gasteiger partial charge in [-0.05, 0) is 19.1 Å². The minimum Gasteiger partial charge on any atom is -0.467 e. The average Bonchev–Trinajstić information content (AvgIpc) is 2.05. The van der Waals surface area contributed by atoms with Gasteiger partial charge in [0.2, 0.25) is 0 Å². The maximum Gasteiger partial charge on any atom is 0.189 e. The van der Waals surface area contributed by atoms with Crippen molar-refractivity contribution in [3.63, 3.8) is 0 Å². The van der Waals surface area contributed by atoms with Crippen molar-refractivity contribution in [1.29, 1.82) is 0 Å². The lowest BCUT2D eigenvalue weighted by Crippen LogP contribution is -2.01. The molecule has 0 saturated heterocycles. The Balaban J connectivity index is 2.41. The topological polar surface area (TPSA) is 18.5 Å². The van der Waals surface area contributed by atoms with Gasteiger partial charge < -0.3 is 9.47 Å². The number of rotatable bonds is 4. The summed E-state index contributed by atoms with van der Waals surface area (Å²) < 4.78 is 22.6. The standard InChI is InChI=1S/C9H11FO2/c1-2-11-7-12-9-5-3-4-8(10)6-9/h3-6H,2,7H2,1H3. The minimum atomic E-state index is -0.302. The molecule has 1 aromatic rings. The first-order chi connectivity index (χ1) is 5.83. The largest absolute Gasteiger partial charge is 0.467 e. The van der Waals surface area contributed by atoms with Crippen LogP contribution in [0.15, 0.2) is 24.3 Å². The molecule has 0 spiro atoms. The SMILES string of the molecule is CCOCOc1cccc(F)c1. The highest BCUT2D eigenvalue weighted by Crippen LogP contribution is 2.11. The van der Waals surface area contributed by atoms with E-state index in [-0.39, 0.29) is 12.6 Å². The lowest BCUT2D eigenvalue weighted by atomic mass is 10.3. The highest BCUT2D eigenvalue weighted by molar-refractivity contribution is 5.22. The Morgan fingerprint density at radius 2 is 2.25 bits per heavy atom. The van der Waals surface area contributed by atoms with Crippen LogP contribution in [0.25, 0.3) is 0 Å². The van der Waals surface area contributed by atoms with Crippen LogP contribution in [-0.2, 0) is 4.74 Å². The molecule has 0 heterocycles. The number of hydrogen-bond acceptors (Lipinski definition) is 2. The quantitative estimate of drug-likeness (QED) is 0.509. The number of hydrogen-bond donors (Lipinski definition) is 0. The molecule has 66 valence electrons. The lowest BCUT2D eigenvalue weighted by molar-refractivity contribution is 0.0222. The Morgan fingerprint density at radius 3 is 2.92 bits per heavy atom. The molecule has 0 amide bonds. The Hall–Kier alpha value is -1.09. The molecular weight excluding hydrogens is 159 g/mol. The van der Waals surface area contributed by atoms with E-state index >= 15 is 0 Å². The zero-order chi connectivity index (χ0) is 8.81. The van der Waals surface area contributed by atoms with E-state index in [0.717, 1.165) is 0 Å². The molecule has 0 aliphatic heterocycles. The van der Waals surface area contributed by atoms with E-state index in [4.69, 9.17) is 9.47 Å². The molecule has 0 aromatic heterocycles. The predicted octanol–water partition coefficient (Wildman–Crippen LogP) is 2.20. The van der Waals surface area contributed by atoms with Gasteiger partial charge in [-0.1, -0.05) is 6.07 Å². The van der Waals surface area contributed by atoms with Crippen LogP contribution in [0.1, 0.15) is 6.92 Å². The molecule has 1 aromatic carbocycles. The zero-order valence-electron chi connectivity index (χ0n) is 6.92. The van der Waals surface area contributed by atoms with Crippen molar-refractivity contribution >= 4 is 0 Å². The summed E-state index contributed by atoms with van der Waals surface area (Å²) in [6.45, 7) is 2.63. The van der Waals surface area contributed by atoms with Crippen LogP contribution < -0.4 is 4.74 Å². The highest BCUT2D eigenvalue weighted by atomic mass is 19.1. The summed E-state index contributed by atoms with van der Waals surface area (Å²) in [4.78, 5) is 0. The molecular formula is C9H11FO2. The molecule has 0 atom stereocenters. The van der Waals surface area contributed by atoms with Crippen molar-refractivity contribution < 1.29 is 13.9 Å². The van der Waals surface area contributed by atoms with Crippen molar-refractivity contribution in [2.75, 3.05) is 13.4 Å². The molecule has 0 radical (unpaired) electrons. The zero-order valence-corrected chi connectivity index (χ0v) is 6.92. The first kappa shape index (κ1) is 9.00. The van der Waals surface area contributed by atoms with Gasteiger partial charge in [0.05, 0.1) is 0 Å². The van der Waals surface area contributed by atoms with Gasteiger partial charge in [-0.25, -0.2) is 4.39 Å². The molecule has 12 heavy (non-hydrogen) atoms. The van der Waals surface area contributed by atoms with E-state index in [9.17, 15) is 4.39 Å². The van der Waals surface area contributed by atoms with Crippen LogP contribution in [0.2, 0.25) is 0 Å². The summed E-state index contributed by atoms with van der Waals surface area (Å²) in [5, 5.41) is 0. The van der Waals surface area contributed by atoms with Crippen LogP contribution in [0.5, 0.6) is 5.75 Å². The molecule has 0 aliphatic rings. The van der Waals surface area contributed by atoms with Crippen LogP contribution in [-0.4, -0.2) is 13.4 Å². The van der Waals surface area contributed by atoms with Crippen molar-refractivity contribution in [3.05, 3.63) is 30.1 Å². The van der Waals surface area contributed by atoms with Gasteiger partial charge in [-0.3, -0.25) is 0 Å². The van der Waals surface area contributed by atoms with Crippen LogP contribution in [0.4, 0.5) is 4.39 Å². The third-order valence-corrected chi connectivity index (χ3v) is 1.31. The monoisotopic (exact) mass is 170 g/mol. The fraction of sp³-hybridized carbons (Fsp3) is 0.333. The summed E-state index contributed by atoms with van der Waals surface area (Å²) in [5.41, 5.74) is 0. The second-order valence-electron chi connectivity index (χ2n) is 2.21. The second-order valence-corrected chi connectivity index (χ2v) is 2.21. The van der Waals surface area contributed by atoms with E-state index in [2.05, 4.69) is 0 Å². The molecule has 0 N–H and O–H groups in total. The third kappa shape index (κ3) is 2.88. The Bertz CT molecular complexity index is 238. The summed E-state index contributed by atoms with van der Waals surface area (Å²) in [7, 11) is 0. The molecule has 1 rings (SSSR count). The Labute approximate surface area is 70.9 Å². The average molecular weight is 170 g/mol. The van der Waals surface area contributed by atoms with Gasteiger partial charge in [-0.15, -0.1) is 0 Å². The predicted molar refractivity (Wildman–Crippen MR) is 43.5 cm³/mol. The Morgan fingerprint density at radius 1 is 1.42 bits per heavy atom. The Kier molecular flexibility index (Phi) is 3.54. The minimum absolute atomic E-state index is 0.167. The third-order valence-electron chi connectivity index (χ3n) is 1.31. The molecule has 0 saturated carbocycles. The lowest BCUT2D eigenvalue weighted by Gasteiger charge is -2.04. The van der Waals surface area contributed by atoms with Crippen LogP contribution >= 0.6 is 0 Å². The molecule has 0 unspecified atom stereocenters. The van der Waals surface area contributed by atoms with Crippen molar-refractivity contribution in [2.45, 2.75) is 6.92 Å². The van der Waals surface area contributed by atoms with E-state index in [1.165, 1.54) is 12.1 Å². The summed E-state index contributed by atoms with van der Waals surface area (Å²) in [6.07, 6.45) is 0. The van der Waals surface area contributed by atoms with E-state index in [0.29, 0.717) is 12.4 Å². The molecule has 0 aliphatic carbocycles. The van der Waals surface area contributed by atoms with Gasteiger partial charge in [0, 0.05) is 12.7 Å². The van der Waals surface area contributed by atoms with Gasteiger partial charge in [0.1, 0.15) is 11.6 Å². The van der Waals surface area contributed by atoms with Crippen molar-refractivity contribution in [1.82, 2.24) is 0 Å². The van der Waals surface area contributed by atoms with Gasteiger partial charge in [0.25, 0.3) is 0 Å². The van der Waals surface area contributed by atoms with E-state index in [1.54, 1.807) is 12.1 Å². The molecule has 2 nitrogen and oxygen atoms in total. The maximum atomic E-state index is 12.6. The van der Waals surface area contributed by atoms with Crippen LogP contribution in [0, 0.1) is 5.82 Å². The normalized spacial score (nSPS) is 9.83. The van der Waals surface area contributed by atoms with Crippen molar-refractivity contribution in [3.8, 4) is 5.75 Å².